The fourth-order valence-electron chi connectivity index (χ4n) is 1.76. The lowest BCUT2D eigenvalue weighted by molar-refractivity contribution is -0.129. The van der Waals surface area contributed by atoms with E-state index < -0.39 is 5.41 Å². The molecule has 3 N–H and O–H groups in total. The number of carbonyl (C=O) groups is 1. The highest BCUT2D eigenvalue weighted by Gasteiger charge is 2.26. The Morgan fingerprint density at radius 3 is 2.63 bits per heavy atom. The molecule has 1 amide bonds. The lowest BCUT2D eigenvalue weighted by Crippen LogP contribution is -2.45. The van der Waals surface area contributed by atoms with Crippen LogP contribution in [0.3, 0.4) is 0 Å². The van der Waals surface area contributed by atoms with Crippen LogP contribution in [-0.4, -0.2) is 25.6 Å². The number of nitrogens with one attached hydrogen (secondary N) is 1. The van der Waals surface area contributed by atoms with E-state index in [9.17, 15) is 4.79 Å². The first-order chi connectivity index (χ1) is 8.90. The van der Waals surface area contributed by atoms with Crippen LogP contribution in [0.2, 0.25) is 0 Å². The number of rotatable bonds is 6. The van der Waals surface area contributed by atoms with Gasteiger partial charge in [0.1, 0.15) is 5.75 Å². The molecule has 1 aromatic carbocycles. The van der Waals surface area contributed by atoms with E-state index in [2.05, 4.69) is 5.32 Å². The molecule has 1 aromatic rings. The quantitative estimate of drug-likeness (QED) is 0.822. The highest BCUT2D eigenvalue weighted by atomic mass is 16.5. The number of nitrogens with two attached hydrogens (primary N) is 1. The Balaban J connectivity index is 2.65. The van der Waals surface area contributed by atoms with Gasteiger partial charge in [-0.1, -0.05) is 18.2 Å². The van der Waals surface area contributed by atoms with E-state index in [1.54, 1.807) is 7.11 Å². The molecule has 1 rings (SSSR count). The van der Waals surface area contributed by atoms with Crippen molar-refractivity contribution in [2.24, 2.45) is 11.1 Å². The van der Waals surface area contributed by atoms with Crippen molar-refractivity contribution in [3.63, 3.8) is 0 Å². The first-order valence-electron chi connectivity index (χ1n) is 6.53. The van der Waals surface area contributed by atoms with Gasteiger partial charge in [0.25, 0.3) is 0 Å². The van der Waals surface area contributed by atoms with Crippen molar-refractivity contribution in [2.75, 3.05) is 13.7 Å². The second-order valence-corrected chi connectivity index (χ2v) is 5.48. The number of hydrogen-bond acceptors (Lipinski definition) is 3. The summed E-state index contributed by atoms with van der Waals surface area (Å²) in [7, 11) is 1.65. The van der Waals surface area contributed by atoms with Crippen molar-refractivity contribution >= 4 is 5.91 Å². The van der Waals surface area contributed by atoms with Crippen molar-refractivity contribution in [2.45, 2.75) is 33.2 Å². The maximum absolute atomic E-state index is 12.0. The Hall–Kier alpha value is -1.55. The molecule has 0 spiro atoms. The molecular weight excluding hydrogens is 240 g/mol. The largest absolute Gasteiger partial charge is 0.496 e. The molecule has 0 aromatic heterocycles. The van der Waals surface area contributed by atoms with Gasteiger partial charge in [-0.15, -0.1) is 0 Å². The SMILES string of the molecule is COc1ccccc1CC(C)NC(=O)C(C)(C)CN. The van der Waals surface area contributed by atoms with Gasteiger partial charge in [0.2, 0.25) is 5.91 Å². The summed E-state index contributed by atoms with van der Waals surface area (Å²) in [5, 5.41) is 3.00. The normalized spacial score (nSPS) is 12.9. The van der Waals surface area contributed by atoms with Gasteiger partial charge in [-0.2, -0.15) is 0 Å². The zero-order chi connectivity index (χ0) is 14.5. The summed E-state index contributed by atoms with van der Waals surface area (Å²) in [5.74, 6) is 0.832. The van der Waals surface area contributed by atoms with E-state index in [0.29, 0.717) is 6.54 Å². The van der Waals surface area contributed by atoms with Gasteiger partial charge in [0.05, 0.1) is 12.5 Å². The van der Waals surface area contributed by atoms with E-state index >= 15 is 0 Å². The van der Waals surface area contributed by atoms with E-state index in [1.807, 2.05) is 45.0 Å². The van der Waals surface area contributed by atoms with Gasteiger partial charge in [-0.05, 0) is 38.8 Å². The fraction of sp³-hybridized carbons (Fsp3) is 0.533. The zero-order valence-corrected chi connectivity index (χ0v) is 12.2. The van der Waals surface area contributed by atoms with Crippen LogP contribution in [0, 0.1) is 5.41 Å². The third-order valence-electron chi connectivity index (χ3n) is 3.22. The summed E-state index contributed by atoms with van der Waals surface area (Å²) >= 11 is 0. The van der Waals surface area contributed by atoms with Gasteiger partial charge in [0, 0.05) is 12.6 Å². The number of amides is 1. The minimum atomic E-state index is -0.533. The lowest BCUT2D eigenvalue weighted by atomic mass is 9.92. The minimum absolute atomic E-state index is 0.0163. The molecule has 1 atom stereocenters. The van der Waals surface area contributed by atoms with Gasteiger partial charge < -0.3 is 15.8 Å². The van der Waals surface area contributed by atoms with Crippen LogP contribution in [0.5, 0.6) is 5.75 Å². The van der Waals surface area contributed by atoms with E-state index in [0.717, 1.165) is 17.7 Å². The molecule has 0 fully saturated rings. The zero-order valence-electron chi connectivity index (χ0n) is 12.2. The molecule has 4 nitrogen and oxygen atoms in total. The summed E-state index contributed by atoms with van der Waals surface area (Å²) in [6.07, 6.45) is 0.733. The molecule has 0 saturated heterocycles. The summed E-state index contributed by atoms with van der Waals surface area (Å²) in [4.78, 5) is 12.0. The number of hydrogen-bond donors (Lipinski definition) is 2. The third-order valence-corrected chi connectivity index (χ3v) is 3.22. The number of benzene rings is 1. The number of methoxy groups -OCH3 is 1. The Morgan fingerprint density at radius 2 is 2.05 bits per heavy atom. The van der Waals surface area contributed by atoms with Gasteiger partial charge in [0.15, 0.2) is 0 Å². The van der Waals surface area contributed by atoms with Crippen LogP contribution in [0.25, 0.3) is 0 Å². The monoisotopic (exact) mass is 264 g/mol. The Morgan fingerprint density at radius 1 is 1.42 bits per heavy atom. The molecule has 19 heavy (non-hydrogen) atoms. The smallest absolute Gasteiger partial charge is 0.227 e. The molecule has 106 valence electrons. The van der Waals surface area contributed by atoms with Gasteiger partial charge in [-0.3, -0.25) is 4.79 Å². The van der Waals surface area contributed by atoms with E-state index in [-0.39, 0.29) is 11.9 Å². The maximum atomic E-state index is 12.0. The number of para-hydroxylation sites is 1. The Kier molecular flexibility index (Phi) is 5.36. The van der Waals surface area contributed by atoms with E-state index in [4.69, 9.17) is 10.5 Å². The number of carbonyl (C=O) groups excluding carboxylic acids is 1. The van der Waals surface area contributed by atoms with Crippen LogP contribution >= 0.6 is 0 Å². The first kappa shape index (κ1) is 15.5. The summed E-state index contributed by atoms with van der Waals surface area (Å²) in [6, 6.07) is 7.87. The second kappa shape index (κ2) is 6.57. The molecule has 1 unspecified atom stereocenters. The predicted molar refractivity (Wildman–Crippen MR) is 77.1 cm³/mol. The van der Waals surface area contributed by atoms with E-state index in [1.165, 1.54) is 0 Å². The molecule has 0 aliphatic heterocycles. The second-order valence-electron chi connectivity index (χ2n) is 5.48. The molecule has 4 heteroatoms. The fourth-order valence-corrected chi connectivity index (χ4v) is 1.76. The highest BCUT2D eigenvalue weighted by molar-refractivity contribution is 5.82. The molecule has 0 saturated carbocycles. The maximum Gasteiger partial charge on any atom is 0.227 e. The number of ether oxygens (including phenoxy) is 1. The summed E-state index contributed by atoms with van der Waals surface area (Å²) in [6.45, 7) is 6.01. The van der Waals surface area contributed by atoms with Gasteiger partial charge in [-0.25, -0.2) is 0 Å². The van der Waals surface area contributed by atoms with Crippen LogP contribution in [-0.2, 0) is 11.2 Å². The average Bonchev–Trinajstić information content (AvgIpc) is 2.39. The molecule has 0 aliphatic rings. The molecular formula is C15H24N2O2. The van der Waals surface area contributed by atoms with Crippen LogP contribution in [0.15, 0.2) is 24.3 Å². The molecule has 0 bridgehead atoms. The highest BCUT2D eigenvalue weighted by Crippen LogP contribution is 2.19. The van der Waals surface area contributed by atoms with Gasteiger partial charge >= 0.3 is 0 Å². The molecule has 0 radical (unpaired) electrons. The standard InChI is InChI=1S/C15H24N2O2/c1-11(17-14(18)15(2,3)10-16)9-12-7-5-6-8-13(12)19-4/h5-8,11H,9-10,16H2,1-4H3,(H,17,18). The van der Waals surface area contributed by atoms with Crippen molar-refractivity contribution in [3.8, 4) is 5.75 Å². The minimum Gasteiger partial charge on any atom is -0.496 e. The average molecular weight is 264 g/mol. The van der Waals surface area contributed by atoms with Crippen LogP contribution in [0.4, 0.5) is 0 Å². The molecule has 0 heterocycles. The van der Waals surface area contributed by atoms with Crippen LogP contribution < -0.4 is 15.8 Å². The van der Waals surface area contributed by atoms with Crippen molar-refractivity contribution in [3.05, 3.63) is 29.8 Å². The van der Waals surface area contributed by atoms with Crippen molar-refractivity contribution in [1.82, 2.24) is 5.32 Å². The van der Waals surface area contributed by atoms with Crippen molar-refractivity contribution in [1.29, 1.82) is 0 Å². The summed E-state index contributed by atoms with van der Waals surface area (Å²) < 4.78 is 5.31. The Labute approximate surface area is 115 Å². The summed E-state index contributed by atoms with van der Waals surface area (Å²) in [5.41, 5.74) is 6.15. The third kappa shape index (κ3) is 4.24. The Bertz CT molecular complexity index is 430. The topological polar surface area (TPSA) is 64.3 Å². The first-order valence-corrected chi connectivity index (χ1v) is 6.53. The lowest BCUT2D eigenvalue weighted by Gasteiger charge is -2.24. The molecule has 0 aliphatic carbocycles. The predicted octanol–water partition coefficient (Wildman–Crippen LogP) is 1.73. The van der Waals surface area contributed by atoms with Crippen molar-refractivity contribution < 1.29 is 9.53 Å². The van der Waals surface area contributed by atoms with Crippen LogP contribution in [0.1, 0.15) is 26.3 Å².